The number of carbonyl (C=O) groups excluding carboxylic acids is 2. The van der Waals surface area contributed by atoms with Gasteiger partial charge in [0.15, 0.2) is 6.61 Å². The molecule has 2 rings (SSSR count). The maximum absolute atomic E-state index is 11.8. The van der Waals surface area contributed by atoms with Crippen molar-refractivity contribution >= 4 is 50.9 Å². The Morgan fingerprint density at radius 2 is 1.72 bits per heavy atom. The fourth-order valence-electron chi connectivity index (χ4n) is 2.27. The second kappa shape index (κ2) is 11.9. The summed E-state index contributed by atoms with van der Waals surface area (Å²) in [6.07, 6.45) is 1.54. The third kappa shape index (κ3) is 8.12. The molecule has 0 aliphatic heterocycles. The van der Waals surface area contributed by atoms with Crippen molar-refractivity contribution in [2.24, 2.45) is 0 Å². The number of amides is 2. The Morgan fingerprint density at radius 3 is 2.41 bits per heavy atom. The van der Waals surface area contributed by atoms with Crippen molar-refractivity contribution in [1.82, 2.24) is 10.9 Å². The molecule has 0 bridgehead atoms. The molecule has 0 aliphatic carbocycles. The quantitative estimate of drug-likeness (QED) is 0.384. The van der Waals surface area contributed by atoms with E-state index in [-0.39, 0.29) is 18.9 Å². The van der Waals surface area contributed by atoms with Gasteiger partial charge in [0.1, 0.15) is 11.5 Å². The second-order valence-electron chi connectivity index (χ2n) is 6.03. The van der Waals surface area contributed by atoms with Crippen LogP contribution in [0.5, 0.6) is 11.5 Å². The maximum Gasteiger partial charge on any atom is 0.276 e. The number of hydrazine groups is 1. The fraction of sp³-hybridized carbons (Fsp3) is 0.300. The van der Waals surface area contributed by atoms with Gasteiger partial charge in [-0.05, 0) is 64.7 Å². The number of carbonyl (C=O) groups is 2. The predicted octanol–water partition coefficient (Wildman–Crippen LogP) is 4.70. The molecule has 0 aliphatic rings. The molecule has 2 aromatic carbocycles. The Labute approximate surface area is 188 Å². The van der Waals surface area contributed by atoms with Crippen LogP contribution in [0, 0.1) is 0 Å². The molecule has 0 fully saturated rings. The highest BCUT2D eigenvalue weighted by Gasteiger charge is 2.08. The van der Waals surface area contributed by atoms with Crippen LogP contribution < -0.4 is 20.3 Å². The number of ether oxygens (including phenoxy) is 2. The zero-order chi connectivity index (χ0) is 21.2. The molecule has 0 heterocycles. The van der Waals surface area contributed by atoms with Crippen LogP contribution in [0.25, 0.3) is 0 Å². The lowest BCUT2D eigenvalue weighted by Gasteiger charge is -2.11. The van der Waals surface area contributed by atoms with Crippen molar-refractivity contribution < 1.29 is 19.1 Å². The molecule has 2 N–H and O–H groups in total. The van der Waals surface area contributed by atoms with Gasteiger partial charge in [-0.3, -0.25) is 20.4 Å². The van der Waals surface area contributed by atoms with Gasteiger partial charge in [0, 0.05) is 11.4 Å². The molecule has 0 spiro atoms. The van der Waals surface area contributed by atoms with Crippen LogP contribution >= 0.6 is 39.1 Å². The van der Waals surface area contributed by atoms with Gasteiger partial charge >= 0.3 is 0 Å². The first kappa shape index (κ1) is 23.3. The largest absolute Gasteiger partial charge is 0.492 e. The summed E-state index contributed by atoms with van der Waals surface area (Å²) in [5.41, 5.74) is 5.81. The van der Waals surface area contributed by atoms with E-state index in [2.05, 4.69) is 33.7 Å². The predicted molar refractivity (Wildman–Crippen MR) is 116 cm³/mol. The summed E-state index contributed by atoms with van der Waals surface area (Å²) in [5, 5.41) is 0.928. The number of halogens is 3. The van der Waals surface area contributed by atoms with Gasteiger partial charge in [-0.2, -0.15) is 0 Å². The van der Waals surface area contributed by atoms with Gasteiger partial charge in [0.2, 0.25) is 5.91 Å². The summed E-state index contributed by atoms with van der Waals surface area (Å²) in [6.45, 7) is 2.13. The average molecular weight is 504 g/mol. The zero-order valence-electron chi connectivity index (χ0n) is 15.8. The molecular weight excluding hydrogens is 483 g/mol. The smallest absolute Gasteiger partial charge is 0.276 e. The second-order valence-corrected chi connectivity index (χ2v) is 7.73. The van der Waals surface area contributed by atoms with Crippen molar-refractivity contribution in [3.63, 3.8) is 0 Å². The first-order valence-electron chi connectivity index (χ1n) is 8.95. The van der Waals surface area contributed by atoms with E-state index in [9.17, 15) is 9.59 Å². The summed E-state index contributed by atoms with van der Waals surface area (Å²) in [7, 11) is 0. The lowest BCUT2D eigenvalue weighted by molar-refractivity contribution is -0.130. The number of rotatable bonds is 9. The third-order valence-corrected chi connectivity index (χ3v) is 4.95. The Morgan fingerprint density at radius 1 is 1.00 bits per heavy atom. The van der Waals surface area contributed by atoms with Crippen molar-refractivity contribution in [2.45, 2.75) is 26.2 Å². The number of nitrogens with one attached hydrogen (secondary N) is 2. The summed E-state index contributed by atoms with van der Waals surface area (Å²) >= 11 is 15.2. The van der Waals surface area contributed by atoms with Crippen LogP contribution in [0.1, 0.15) is 25.3 Å². The van der Waals surface area contributed by atoms with E-state index < -0.39 is 5.91 Å². The first-order valence-corrected chi connectivity index (χ1v) is 10.5. The summed E-state index contributed by atoms with van der Waals surface area (Å²) in [6, 6.07) is 10.6. The van der Waals surface area contributed by atoms with Gasteiger partial charge in [-0.15, -0.1) is 0 Å². The minimum absolute atomic E-state index is 0.177. The topological polar surface area (TPSA) is 76.7 Å². The SMILES string of the molecule is CCc1ccc(OCC(=O)NNC(=O)CCCOc2ccc(Cl)cc2Cl)c(Br)c1. The van der Waals surface area contributed by atoms with Crippen LogP contribution in [-0.4, -0.2) is 25.0 Å². The minimum atomic E-state index is -0.464. The van der Waals surface area contributed by atoms with Crippen molar-refractivity contribution in [3.05, 3.63) is 56.5 Å². The molecule has 2 amide bonds. The zero-order valence-corrected chi connectivity index (χ0v) is 18.9. The molecule has 2 aromatic rings. The van der Waals surface area contributed by atoms with Crippen LogP contribution in [0.2, 0.25) is 10.0 Å². The van der Waals surface area contributed by atoms with Gasteiger partial charge in [-0.25, -0.2) is 0 Å². The molecule has 0 atom stereocenters. The number of hydrogen-bond donors (Lipinski definition) is 2. The van der Waals surface area contributed by atoms with Gasteiger partial charge < -0.3 is 9.47 Å². The molecule has 156 valence electrons. The monoisotopic (exact) mass is 502 g/mol. The molecule has 29 heavy (non-hydrogen) atoms. The molecule has 0 saturated carbocycles. The molecular formula is C20H21BrCl2N2O4. The lowest BCUT2D eigenvalue weighted by Crippen LogP contribution is -2.43. The third-order valence-electron chi connectivity index (χ3n) is 3.80. The van der Waals surface area contributed by atoms with Gasteiger partial charge in [-0.1, -0.05) is 36.2 Å². The van der Waals surface area contributed by atoms with E-state index in [1.54, 1.807) is 24.3 Å². The van der Waals surface area contributed by atoms with E-state index in [1.807, 2.05) is 12.1 Å². The van der Waals surface area contributed by atoms with E-state index in [0.29, 0.717) is 34.6 Å². The average Bonchev–Trinajstić information content (AvgIpc) is 2.69. The minimum Gasteiger partial charge on any atom is -0.492 e. The Bertz CT molecular complexity index is 864. The highest BCUT2D eigenvalue weighted by atomic mass is 79.9. The van der Waals surface area contributed by atoms with E-state index in [0.717, 1.165) is 16.5 Å². The summed E-state index contributed by atoms with van der Waals surface area (Å²) < 4.78 is 11.7. The molecule has 0 radical (unpaired) electrons. The fourth-order valence-corrected chi connectivity index (χ4v) is 3.27. The molecule has 0 saturated heterocycles. The summed E-state index contributed by atoms with van der Waals surface area (Å²) in [5.74, 6) is 0.258. The molecule has 0 unspecified atom stereocenters. The maximum atomic E-state index is 11.8. The molecule has 0 aromatic heterocycles. The standard InChI is InChI=1S/C20H21BrCl2N2O4/c1-2-13-5-7-17(15(21)10-13)29-12-20(27)25-24-19(26)4-3-9-28-18-8-6-14(22)11-16(18)23/h5-8,10-11H,2-4,9,12H2,1H3,(H,24,26)(H,25,27). The number of hydrogen-bond acceptors (Lipinski definition) is 4. The van der Waals surface area contributed by atoms with Crippen LogP contribution in [0.4, 0.5) is 0 Å². The van der Waals surface area contributed by atoms with Gasteiger partial charge in [0.05, 0.1) is 16.1 Å². The van der Waals surface area contributed by atoms with Crippen LogP contribution in [0.15, 0.2) is 40.9 Å². The van der Waals surface area contributed by atoms with Crippen molar-refractivity contribution in [1.29, 1.82) is 0 Å². The van der Waals surface area contributed by atoms with E-state index in [4.69, 9.17) is 32.7 Å². The Balaban J connectivity index is 1.62. The normalized spacial score (nSPS) is 10.3. The van der Waals surface area contributed by atoms with Gasteiger partial charge in [0.25, 0.3) is 5.91 Å². The van der Waals surface area contributed by atoms with E-state index >= 15 is 0 Å². The van der Waals surface area contributed by atoms with Crippen molar-refractivity contribution in [2.75, 3.05) is 13.2 Å². The number of aryl methyl sites for hydroxylation is 1. The molecule has 6 nitrogen and oxygen atoms in total. The van der Waals surface area contributed by atoms with Crippen LogP contribution in [0.3, 0.4) is 0 Å². The van der Waals surface area contributed by atoms with E-state index in [1.165, 1.54) is 0 Å². The first-order chi connectivity index (χ1) is 13.9. The Hall–Kier alpha value is -1.96. The highest BCUT2D eigenvalue weighted by Crippen LogP contribution is 2.28. The highest BCUT2D eigenvalue weighted by molar-refractivity contribution is 9.10. The molecule has 9 heteroatoms. The Kier molecular flexibility index (Phi) is 9.57. The number of benzene rings is 2. The van der Waals surface area contributed by atoms with Crippen LogP contribution in [-0.2, 0) is 16.0 Å². The van der Waals surface area contributed by atoms with Crippen molar-refractivity contribution in [3.8, 4) is 11.5 Å². The summed E-state index contributed by atoms with van der Waals surface area (Å²) in [4.78, 5) is 23.6. The lowest BCUT2D eigenvalue weighted by atomic mass is 10.2.